The summed E-state index contributed by atoms with van der Waals surface area (Å²) < 4.78 is 134. The van der Waals surface area contributed by atoms with Crippen molar-refractivity contribution in [3.8, 4) is 34.4 Å². The second kappa shape index (κ2) is 8.61. The van der Waals surface area contributed by atoms with E-state index in [0.717, 1.165) is 12.1 Å². The number of fused-ring (bicyclic) bond motifs is 2. The molecule has 224 valence electrons. The van der Waals surface area contributed by atoms with Gasteiger partial charge < -0.3 is 18.6 Å². The minimum atomic E-state index is -4.96. The van der Waals surface area contributed by atoms with E-state index in [1.807, 2.05) is 0 Å². The molecule has 0 unspecified atom stereocenters. The van der Waals surface area contributed by atoms with Crippen LogP contribution in [0.1, 0.15) is 25.3 Å². The molecule has 2 aliphatic rings. The lowest BCUT2D eigenvalue weighted by atomic mass is 9.93. The lowest BCUT2D eigenvalue weighted by molar-refractivity contribution is -0.391. The third kappa shape index (κ3) is 3.97. The molecule has 2 aromatic carbocycles. The molecule has 0 atom stereocenters. The van der Waals surface area contributed by atoms with Crippen LogP contribution in [-0.4, -0.2) is 51.7 Å². The fraction of sp³-hybridized carbons (Fsp3) is 0.385. The van der Waals surface area contributed by atoms with Gasteiger partial charge in [-0.15, -0.1) is 0 Å². The minimum absolute atomic E-state index is 0.0224. The monoisotopic (exact) mass is 618 g/mol. The van der Waals surface area contributed by atoms with E-state index in [2.05, 4.69) is 19.4 Å². The van der Waals surface area contributed by atoms with Gasteiger partial charge in [-0.1, -0.05) is 25.1 Å². The van der Waals surface area contributed by atoms with Gasteiger partial charge >= 0.3 is 18.4 Å². The second-order valence-electron chi connectivity index (χ2n) is 10.2. The zero-order valence-corrected chi connectivity index (χ0v) is 22.9. The number of hydrogen-bond acceptors (Lipinski definition) is 6. The third-order valence-electron chi connectivity index (χ3n) is 7.66. The zero-order valence-electron chi connectivity index (χ0n) is 22.1. The van der Waals surface area contributed by atoms with Gasteiger partial charge in [-0.2, -0.15) is 30.7 Å². The van der Waals surface area contributed by atoms with Crippen LogP contribution in [0.4, 0.5) is 30.7 Å². The van der Waals surface area contributed by atoms with Crippen molar-refractivity contribution in [3.63, 3.8) is 0 Å². The number of halogens is 7. The number of hydrogen-bond donors (Lipinski definition) is 0. The summed E-state index contributed by atoms with van der Waals surface area (Å²) in [5, 5.41) is -0.295. The van der Waals surface area contributed by atoms with Crippen molar-refractivity contribution >= 4 is 20.9 Å². The molecule has 1 aliphatic carbocycles. The lowest BCUT2D eigenvalue weighted by Crippen LogP contribution is -2.52. The van der Waals surface area contributed by atoms with Crippen LogP contribution >= 0.6 is 0 Å². The number of aryl methyl sites for hydroxylation is 1. The first kappa shape index (κ1) is 28.3. The Morgan fingerprint density at radius 3 is 2.10 bits per heavy atom. The molecule has 6 rings (SSSR count). The Morgan fingerprint density at radius 1 is 0.905 bits per heavy atom. The van der Waals surface area contributed by atoms with Gasteiger partial charge in [0, 0.05) is 31.8 Å². The Balaban J connectivity index is 1.53. The number of imidazole rings is 2. The number of nitrogens with zero attached hydrogens (tertiary/aromatic N) is 4. The lowest BCUT2D eigenvalue weighted by Gasteiger charge is -2.31. The van der Waals surface area contributed by atoms with Crippen molar-refractivity contribution in [2.75, 3.05) is 5.75 Å². The first-order chi connectivity index (χ1) is 19.4. The van der Waals surface area contributed by atoms with Crippen molar-refractivity contribution in [2.24, 2.45) is 14.1 Å². The summed E-state index contributed by atoms with van der Waals surface area (Å²) in [7, 11) is -1.21. The van der Waals surface area contributed by atoms with Gasteiger partial charge in [0.2, 0.25) is 0 Å². The molecule has 0 bridgehead atoms. The van der Waals surface area contributed by atoms with E-state index in [1.165, 1.54) is 54.4 Å². The molecule has 0 spiro atoms. The van der Waals surface area contributed by atoms with Crippen LogP contribution in [0.2, 0.25) is 0 Å². The van der Waals surface area contributed by atoms with Gasteiger partial charge in [-0.3, -0.25) is 0 Å². The van der Waals surface area contributed by atoms with Crippen molar-refractivity contribution < 1.29 is 48.6 Å². The average Bonchev–Trinajstić information content (AvgIpc) is 3.58. The molecule has 0 N–H and O–H groups in total. The summed E-state index contributed by atoms with van der Waals surface area (Å²) in [6.45, 7) is 1.39. The summed E-state index contributed by atoms with van der Waals surface area (Å²) >= 11 is 0. The summed E-state index contributed by atoms with van der Waals surface area (Å²) in [5.74, 6) is -1.80. The number of rotatable bonds is 5. The summed E-state index contributed by atoms with van der Waals surface area (Å²) in [5.41, 5.74) is -1.83. The number of ether oxygens (including phenoxy) is 2. The standard InChI is InChI=1S/C26H21F7N4O4S/c1-4-42(38,39)22-19(35-20(37(22)3)13-6-5-7-14(10-13)23(8-9-23)24(27,28)29)21-34-15-11-17-18(12-16(15)36(21)2)41-26(32,33)25(30,31)40-17/h5-7,10-12H,4,8-9H2,1-3H3. The van der Waals surface area contributed by atoms with E-state index in [-0.39, 0.29) is 63.1 Å². The number of aromatic nitrogens is 4. The van der Waals surface area contributed by atoms with E-state index < -0.39 is 45.1 Å². The van der Waals surface area contributed by atoms with Gasteiger partial charge in [-0.25, -0.2) is 18.4 Å². The van der Waals surface area contributed by atoms with Gasteiger partial charge in [0.05, 0.1) is 22.2 Å². The Labute approximate surface area is 233 Å². The van der Waals surface area contributed by atoms with Gasteiger partial charge in [-0.05, 0) is 24.5 Å². The van der Waals surface area contributed by atoms with E-state index in [0.29, 0.717) is 0 Å². The van der Waals surface area contributed by atoms with Crippen LogP contribution in [0.5, 0.6) is 11.5 Å². The fourth-order valence-corrected chi connectivity index (χ4v) is 6.37. The molecular weight excluding hydrogens is 597 g/mol. The third-order valence-corrected chi connectivity index (χ3v) is 9.47. The molecule has 0 amide bonds. The molecule has 0 saturated heterocycles. The van der Waals surface area contributed by atoms with Crippen molar-refractivity contribution in [1.29, 1.82) is 0 Å². The van der Waals surface area contributed by atoms with Crippen LogP contribution in [0.25, 0.3) is 33.9 Å². The Morgan fingerprint density at radius 2 is 1.52 bits per heavy atom. The van der Waals surface area contributed by atoms with E-state index in [9.17, 15) is 39.2 Å². The topological polar surface area (TPSA) is 88.2 Å². The summed E-state index contributed by atoms with van der Waals surface area (Å²) in [6.07, 6.45) is -14.5. The van der Waals surface area contributed by atoms with E-state index in [1.54, 1.807) is 0 Å². The highest BCUT2D eigenvalue weighted by atomic mass is 32.2. The molecule has 1 fully saturated rings. The van der Waals surface area contributed by atoms with Gasteiger partial charge in [0.25, 0.3) is 0 Å². The average molecular weight is 619 g/mol. The van der Waals surface area contributed by atoms with E-state index in [4.69, 9.17) is 0 Å². The fourth-order valence-electron chi connectivity index (χ4n) is 5.16. The van der Waals surface area contributed by atoms with Crippen LogP contribution in [0, 0.1) is 0 Å². The Bertz CT molecular complexity index is 1880. The largest absolute Gasteiger partial charge is 0.507 e. The molecule has 1 saturated carbocycles. The SMILES string of the molecule is CCS(=O)(=O)c1c(-c2nc3cc4c(cc3n2C)OC(F)(F)C(F)(F)O4)nc(-c2cccc(C3(C(F)(F)F)CC3)c2)n1C. The van der Waals surface area contributed by atoms with Crippen molar-refractivity contribution in [3.05, 3.63) is 42.0 Å². The molecule has 3 heterocycles. The quantitative estimate of drug-likeness (QED) is 0.256. The summed E-state index contributed by atoms with van der Waals surface area (Å²) in [6, 6.07) is 7.57. The van der Waals surface area contributed by atoms with Crippen LogP contribution in [0.3, 0.4) is 0 Å². The molecule has 16 heteroatoms. The van der Waals surface area contributed by atoms with Gasteiger partial charge in [0.15, 0.2) is 32.2 Å². The number of benzene rings is 2. The predicted molar refractivity (Wildman–Crippen MR) is 134 cm³/mol. The molecule has 0 radical (unpaired) electrons. The predicted octanol–water partition coefficient (Wildman–Crippen LogP) is 5.99. The first-order valence-electron chi connectivity index (χ1n) is 12.5. The summed E-state index contributed by atoms with van der Waals surface area (Å²) in [4.78, 5) is 8.82. The highest BCUT2D eigenvalue weighted by molar-refractivity contribution is 7.91. The molecule has 1 aliphatic heterocycles. The van der Waals surface area contributed by atoms with E-state index >= 15 is 0 Å². The maximum atomic E-state index is 13.8. The van der Waals surface area contributed by atoms with Crippen molar-refractivity contribution in [2.45, 2.75) is 48.6 Å². The van der Waals surface area contributed by atoms with Crippen LogP contribution < -0.4 is 9.47 Å². The zero-order chi connectivity index (χ0) is 30.6. The van der Waals surface area contributed by atoms with Gasteiger partial charge in [0.1, 0.15) is 11.5 Å². The van der Waals surface area contributed by atoms with Crippen LogP contribution in [0.15, 0.2) is 41.4 Å². The molecule has 42 heavy (non-hydrogen) atoms. The minimum Gasteiger partial charge on any atom is -0.421 e. The van der Waals surface area contributed by atoms with Crippen molar-refractivity contribution in [1.82, 2.24) is 19.1 Å². The number of alkyl halides is 7. The normalized spacial score (nSPS) is 18.8. The maximum Gasteiger partial charge on any atom is 0.507 e. The molecule has 4 aromatic rings. The Hall–Kier alpha value is -3.82. The molecule has 8 nitrogen and oxygen atoms in total. The molecule has 2 aromatic heterocycles. The molecular formula is C26H21F7N4O4S. The van der Waals surface area contributed by atoms with Crippen LogP contribution in [-0.2, 0) is 29.3 Å². The highest BCUT2D eigenvalue weighted by Gasteiger charge is 2.66. The smallest absolute Gasteiger partial charge is 0.421 e. The Kier molecular flexibility index (Phi) is 5.80. The first-order valence-corrected chi connectivity index (χ1v) is 14.2. The second-order valence-corrected chi connectivity index (χ2v) is 12.4. The highest BCUT2D eigenvalue weighted by Crippen LogP contribution is 2.59. The maximum absolute atomic E-state index is 13.8. The number of sulfone groups is 1.